The van der Waals surface area contributed by atoms with Crippen LogP contribution in [0.2, 0.25) is 0 Å². The maximum Gasteiger partial charge on any atom is 0.349 e. The SMILES string of the molecule is COC(=O)C(C)(C)Oc1cccc(C2CCCN(C(=O)c3cccc(-c4ccccc4)c3)C2)c1. The molecule has 1 amide bonds. The molecule has 0 radical (unpaired) electrons. The normalized spacial score (nSPS) is 16.1. The van der Waals surface area contributed by atoms with Gasteiger partial charge in [0, 0.05) is 24.6 Å². The van der Waals surface area contributed by atoms with Gasteiger partial charge < -0.3 is 14.4 Å². The molecular formula is C29H31NO4. The lowest BCUT2D eigenvalue weighted by Gasteiger charge is -2.33. The Bertz CT molecular complexity index is 1160. The third-order valence-corrected chi connectivity index (χ3v) is 6.30. The molecule has 5 heteroatoms. The predicted octanol–water partition coefficient (Wildman–Crippen LogP) is 5.70. The molecular weight excluding hydrogens is 426 g/mol. The summed E-state index contributed by atoms with van der Waals surface area (Å²) in [6.07, 6.45) is 1.94. The summed E-state index contributed by atoms with van der Waals surface area (Å²) in [4.78, 5) is 27.3. The van der Waals surface area contributed by atoms with Crippen molar-refractivity contribution in [3.8, 4) is 16.9 Å². The van der Waals surface area contributed by atoms with Gasteiger partial charge in [0.05, 0.1) is 7.11 Å². The minimum atomic E-state index is -1.08. The first-order valence-electron chi connectivity index (χ1n) is 11.7. The van der Waals surface area contributed by atoms with Crippen LogP contribution in [-0.2, 0) is 9.53 Å². The summed E-state index contributed by atoms with van der Waals surface area (Å²) in [5.41, 5.74) is 2.87. The van der Waals surface area contributed by atoms with E-state index in [-0.39, 0.29) is 11.8 Å². The number of hydrogen-bond donors (Lipinski definition) is 0. The number of carbonyl (C=O) groups excluding carboxylic acids is 2. The zero-order valence-corrected chi connectivity index (χ0v) is 20.0. The minimum absolute atomic E-state index is 0.0571. The van der Waals surface area contributed by atoms with Crippen molar-refractivity contribution in [1.29, 1.82) is 0 Å². The highest BCUT2D eigenvalue weighted by Gasteiger charge is 2.31. The standard InChI is InChI=1S/C29H31NO4/c1-29(2,28(32)33-3)34-26-16-8-13-23(19-26)25-15-9-17-30(20-25)27(31)24-14-7-12-22(18-24)21-10-5-4-6-11-21/h4-8,10-14,16,18-19,25H,9,15,17,20H2,1-3H3. The van der Waals surface area contributed by atoms with Gasteiger partial charge in [-0.25, -0.2) is 4.79 Å². The van der Waals surface area contributed by atoms with E-state index >= 15 is 0 Å². The molecule has 0 aliphatic carbocycles. The Balaban J connectivity index is 1.49. The molecule has 0 spiro atoms. The summed E-state index contributed by atoms with van der Waals surface area (Å²) in [7, 11) is 1.35. The molecule has 1 heterocycles. The van der Waals surface area contributed by atoms with Gasteiger partial charge >= 0.3 is 5.97 Å². The summed E-state index contributed by atoms with van der Waals surface area (Å²) >= 11 is 0. The monoisotopic (exact) mass is 457 g/mol. The smallest absolute Gasteiger partial charge is 0.349 e. The molecule has 176 valence electrons. The van der Waals surface area contributed by atoms with Crippen molar-refractivity contribution in [3.05, 3.63) is 90.0 Å². The first-order chi connectivity index (χ1) is 16.4. The maximum atomic E-state index is 13.4. The van der Waals surface area contributed by atoms with Crippen LogP contribution in [0.3, 0.4) is 0 Å². The van der Waals surface area contributed by atoms with Crippen LogP contribution in [0.1, 0.15) is 48.5 Å². The Labute approximate surface area is 201 Å². The van der Waals surface area contributed by atoms with Gasteiger partial charge in [-0.15, -0.1) is 0 Å². The number of likely N-dealkylation sites (tertiary alicyclic amines) is 1. The predicted molar refractivity (Wildman–Crippen MR) is 133 cm³/mol. The number of ether oxygens (including phenoxy) is 2. The van der Waals surface area contributed by atoms with Crippen LogP contribution in [-0.4, -0.2) is 42.6 Å². The van der Waals surface area contributed by atoms with Gasteiger partial charge in [0.2, 0.25) is 0 Å². The quantitative estimate of drug-likeness (QED) is 0.445. The summed E-state index contributed by atoms with van der Waals surface area (Å²) in [5, 5.41) is 0. The van der Waals surface area contributed by atoms with E-state index in [0.29, 0.717) is 17.9 Å². The Hall–Kier alpha value is -3.60. The highest BCUT2D eigenvalue weighted by Crippen LogP contribution is 2.31. The fourth-order valence-corrected chi connectivity index (χ4v) is 4.49. The van der Waals surface area contributed by atoms with Crippen LogP contribution in [0.25, 0.3) is 11.1 Å². The topological polar surface area (TPSA) is 55.8 Å². The summed E-state index contributed by atoms with van der Waals surface area (Å²) in [6.45, 7) is 4.78. The van der Waals surface area contributed by atoms with Crippen LogP contribution in [0.15, 0.2) is 78.9 Å². The van der Waals surface area contributed by atoms with E-state index in [1.165, 1.54) is 7.11 Å². The average Bonchev–Trinajstić information content (AvgIpc) is 2.88. The third-order valence-electron chi connectivity index (χ3n) is 6.30. The molecule has 1 saturated heterocycles. The van der Waals surface area contributed by atoms with E-state index in [0.717, 1.165) is 36.1 Å². The van der Waals surface area contributed by atoms with Crippen LogP contribution < -0.4 is 4.74 Å². The Morgan fingerprint density at radius 1 is 0.912 bits per heavy atom. The second-order valence-corrected chi connectivity index (χ2v) is 9.21. The number of esters is 1. The average molecular weight is 458 g/mol. The molecule has 0 bridgehead atoms. The summed E-state index contributed by atoms with van der Waals surface area (Å²) in [6, 6.07) is 25.8. The van der Waals surface area contributed by atoms with Gasteiger partial charge in [-0.1, -0.05) is 54.6 Å². The first kappa shape index (κ1) is 23.6. The van der Waals surface area contributed by atoms with Crippen LogP contribution in [0, 0.1) is 0 Å². The Morgan fingerprint density at radius 3 is 2.41 bits per heavy atom. The van der Waals surface area contributed by atoms with Gasteiger partial charge in [0.15, 0.2) is 5.60 Å². The van der Waals surface area contributed by atoms with Gasteiger partial charge in [0.1, 0.15) is 5.75 Å². The van der Waals surface area contributed by atoms with E-state index in [4.69, 9.17) is 9.47 Å². The second kappa shape index (κ2) is 10.1. The largest absolute Gasteiger partial charge is 0.476 e. The molecule has 0 saturated carbocycles. The zero-order chi connectivity index (χ0) is 24.1. The number of benzene rings is 3. The molecule has 5 nitrogen and oxygen atoms in total. The minimum Gasteiger partial charge on any atom is -0.476 e. The van der Waals surface area contributed by atoms with Crippen LogP contribution in [0.5, 0.6) is 5.75 Å². The van der Waals surface area contributed by atoms with E-state index < -0.39 is 11.6 Å². The highest BCUT2D eigenvalue weighted by atomic mass is 16.6. The molecule has 3 aromatic rings. The number of hydrogen-bond acceptors (Lipinski definition) is 4. The summed E-state index contributed by atoms with van der Waals surface area (Å²) < 4.78 is 10.8. The molecule has 3 aromatic carbocycles. The first-order valence-corrected chi connectivity index (χ1v) is 11.7. The Morgan fingerprint density at radius 2 is 1.65 bits per heavy atom. The number of methoxy groups -OCH3 is 1. The molecule has 1 aliphatic heterocycles. The van der Waals surface area contributed by atoms with Gasteiger partial charge in [-0.2, -0.15) is 0 Å². The number of carbonyl (C=O) groups is 2. The van der Waals surface area contributed by atoms with Crippen molar-refractivity contribution in [2.24, 2.45) is 0 Å². The number of nitrogens with zero attached hydrogens (tertiary/aromatic N) is 1. The van der Waals surface area contributed by atoms with Crippen LogP contribution >= 0.6 is 0 Å². The maximum absolute atomic E-state index is 13.4. The molecule has 0 N–H and O–H groups in total. The van der Waals surface area contributed by atoms with E-state index in [2.05, 4.69) is 18.2 Å². The molecule has 34 heavy (non-hydrogen) atoms. The zero-order valence-electron chi connectivity index (χ0n) is 20.0. The van der Waals surface area contributed by atoms with E-state index in [1.54, 1.807) is 13.8 Å². The lowest BCUT2D eigenvalue weighted by Crippen LogP contribution is -2.39. The van der Waals surface area contributed by atoms with E-state index in [1.807, 2.05) is 65.6 Å². The van der Waals surface area contributed by atoms with Crippen molar-refractivity contribution in [2.75, 3.05) is 20.2 Å². The second-order valence-electron chi connectivity index (χ2n) is 9.21. The van der Waals surface area contributed by atoms with E-state index in [9.17, 15) is 9.59 Å². The number of amides is 1. The van der Waals surface area contributed by atoms with Crippen molar-refractivity contribution in [3.63, 3.8) is 0 Å². The fourth-order valence-electron chi connectivity index (χ4n) is 4.49. The van der Waals surface area contributed by atoms with Crippen molar-refractivity contribution in [2.45, 2.75) is 38.2 Å². The lowest BCUT2D eigenvalue weighted by atomic mass is 9.90. The van der Waals surface area contributed by atoms with Crippen molar-refractivity contribution < 1.29 is 19.1 Å². The molecule has 0 aromatic heterocycles. The molecule has 1 aliphatic rings. The lowest BCUT2D eigenvalue weighted by molar-refractivity contribution is -0.156. The van der Waals surface area contributed by atoms with Gasteiger partial charge in [-0.3, -0.25) is 4.79 Å². The fraction of sp³-hybridized carbons (Fsp3) is 0.310. The third kappa shape index (κ3) is 5.30. The van der Waals surface area contributed by atoms with Gasteiger partial charge in [-0.05, 0) is 67.6 Å². The molecule has 1 fully saturated rings. The highest BCUT2D eigenvalue weighted by molar-refractivity contribution is 5.95. The van der Waals surface area contributed by atoms with Crippen molar-refractivity contribution >= 4 is 11.9 Å². The number of piperidine rings is 1. The van der Waals surface area contributed by atoms with Gasteiger partial charge in [0.25, 0.3) is 5.91 Å². The molecule has 1 unspecified atom stereocenters. The Kier molecular flexibility index (Phi) is 7.01. The summed E-state index contributed by atoms with van der Waals surface area (Å²) in [5.74, 6) is 0.457. The number of rotatable bonds is 6. The van der Waals surface area contributed by atoms with Crippen LogP contribution in [0.4, 0.5) is 0 Å². The molecule has 4 rings (SSSR count). The molecule has 1 atom stereocenters. The van der Waals surface area contributed by atoms with Crippen molar-refractivity contribution in [1.82, 2.24) is 4.90 Å².